The van der Waals surface area contributed by atoms with E-state index in [2.05, 4.69) is 0 Å². The number of carbonyl (C=O) groups is 1. The van der Waals surface area contributed by atoms with Crippen LogP contribution >= 0.6 is 0 Å². The number of anilines is 1. The quantitative estimate of drug-likeness (QED) is 0.740. The molecule has 0 saturated carbocycles. The standard InChI is InChI=1S/C12H15NO2/c1-3-11-12(14)13(8-15-11)10-6-4-5-9(2)7-10/h4-7,11H,3,8H2,1-2H3. The van der Waals surface area contributed by atoms with Crippen molar-refractivity contribution in [2.75, 3.05) is 11.6 Å². The first-order valence-electron chi connectivity index (χ1n) is 5.22. The number of aryl methyl sites for hydroxylation is 1. The zero-order chi connectivity index (χ0) is 10.8. The molecule has 0 aromatic heterocycles. The van der Waals surface area contributed by atoms with Crippen LogP contribution in [0.15, 0.2) is 24.3 Å². The van der Waals surface area contributed by atoms with Gasteiger partial charge < -0.3 is 4.74 Å². The van der Waals surface area contributed by atoms with Crippen LogP contribution in [-0.4, -0.2) is 18.7 Å². The Labute approximate surface area is 89.7 Å². The Kier molecular flexibility index (Phi) is 2.73. The van der Waals surface area contributed by atoms with Crippen LogP contribution in [0.4, 0.5) is 5.69 Å². The topological polar surface area (TPSA) is 29.5 Å². The zero-order valence-corrected chi connectivity index (χ0v) is 9.06. The van der Waals surface area contributed by atoms with Crippen molar-refractivity contribution in [3.05, 3.63) is 29.8 Å². The Morgan fingerprint density at radius 1 is 1.53 bits per heavy atom. The zero-order valence-electron chi connectivity index (χ0n) is 9.06. The molecule has 2 rings (SSSR count). The molecule has 1 aliphatic heterocycles. The van der Waals surface area contributed by atoms with Gasteiger partial charge >= 0.3 is 0 Å². The van der Waals surface area contributed by atoms with Gasteiger partial charge in [-0.25, -0.2) is 0 Å². The van der Waals surface area contributed by atoms with Crippen LogP contribution in [0.2, 0.25) is 0 Å². The summed E-state index contributed by atoms with van der Waals surface area (Å²) >= 11 is 0. The predicted molar refractivity (Wildman–Crippen MR) is 58.7 cm³/mol. The predicted octanol–water partition coefficient (Wildman–Crippen LogP) is 2.09. The number of carbonyl (C=O) groups excluding carboxylic acids is 1. The van der Waals surface area contributed by atoms with Gasteiger partial charge in [0.25, 0.3) is 5.91 Å². The largest absolute Gasteiger partial charge is 0.348 e. The summed E-state index contributed by atoms with van der Waals surface area (Å²) < 4.78 is 5.40. The maximum Gasteiger partial charge on any atom is 0.258 e. The molecule has 80 valence electrons. The molecule has 1 amide bonds. The number of rotatable bonds is 2. The number of nitrogens with zero attached hydrogens (tertiary/aromatic N) is 1. The molecule has 1 saturated heterocycles. The van der Waals surface area contributed by atoms with Crippen molar-refractivity contribution < 1.29 is 9.53 Å². The van der Waals surface area contributed by atoms with E-state index in [1.807, 2.05) is 38.1 Å². The average molecular weight is 205 g/mol. The number of hydrogen-bond acceptors (Lipinski definition) is 2. The molecule has 3 nitrogen and oxygen atoms in total. The van der Waals surface area contributed by atoms with E-state index in [-0.39, 0.29) is 12.0 Å². The molecule has 1 fully saturated rings. The molecule has 1 aromatic carbocycles. The van der Waals surface area contributed by atoms with Gasteiger partial charge in [-0.05, 0) is 31.0 Å². The van der Waals surface area contributed by atoms with E-state index >= 15 is 0 Å². The smallest absolute Gasteiger partial charge is 0.258 e. The Bertz CT molecular complexity index is 376. The summed E-state index contributed by atoms with van der Waals surface area (Å²) in [7, 11) is 0. The lowest BCUT2D eigenvalue weighted by atomic mass is 10.2. The van der Waals surface area contributed by atoms with Gasteiger partial charge in [-0.3, -0.25) is 9.69 Å². The fraction of sp³-hybridized carbons (Fsp3) is 0.417. The van der Waals surface area contributed by atoms with Gasteiger partial charge in [-0.15, -0.1) is 0 Å². The summed E-state index contributed by atoms with van der Waals surface area (Å²) in [4.78, 5) is 13.5. The van der Waals surface area contributed by atoms with E-state index in [9.17, 15) is 4.79 Å². The van der Waals surface area contributed by atoms with Crippen molar-refractivity contribution in [3.63, 3.8) is 0 Å². The Morgan fingerprint density at radius 2 is 2.33 bits per heavy atom. The van der Waals surface area contributed by atoms with Gasteiger partial charge in [0.05, 0.1) is 0 Å². The van der Waals surface area contributed by atoms with Crippen molar-refractivity contribution in [2.45, 2.75) is 26.4 Å². The van der Waals surface area contributed by atoms with Crippen LogP contribution < -0.4 is 4.90 Å². The monoisotopic (exact) mass is 205 g/mol. The molecule has 1 aromatic rings. The molecule has 1 heterocycles. The normalized spacial score (nSPS) is 21.1. The molecule has 1 unspecified atom stereocenters. The lowest BCUT2D eigenvalue weighted by Crippen LogP contribution is -2.28. The van der Waals surface area contributed by atoms with Gasteiger partial charge in [0, 0.05) is 5.69 Å². The summed E-state index contributed by atoms with van der Waals surface area (Å²) in [5.74, 6) is 0.0723. The highest BCUT2D eigenvalue weighted by molar-refractivity contribution is 5.97. The minimum absolute atomic E-state index is 0.0723. The number of hydrogen-bond donors (Lipinski definition) is 0. The summed E-state index contributed by atoms with van der Waals surface area (Å²) in [6.45, 7) is 4.35. The van der Waals surface area contributed by atoms with Crippen molar-refractivity contribution in [1.29, 1.82) is 0 Å². The van der Waals surface area contributed by atoms with Crippen LogP contribution in [0.3, 0.4) is 0 Å². The Morgan fingerprint density at radius 3 is 2.93 bits per heavy atom. The van der Waals surface area contributed by atoms with Crippen LogP contribution in [0.1, 0.15) is 18.9 Å². The van der Waals surface area contributed by atoms with Gasteiger partial charge in [0.1, 0.15) is 12.8 Å². The maximum atomic E-state index is 11.8. The van der Waals surface area contributed by atoms with Gasteiger partial charge in [-0.1, -0.05) is 19.1 Å². The number of ether oxygens (including phenoxy) is 1. The first-order valence-corrected chi connectivity index (χ1v) is 5.22. The van der Waals surface area contributed by atoms with Crippen LogP contribution in [0, 0.1) is 6.92 Å². The van der Waals surface area contributed by atoms with Crippen molar-refractivity contribution in [1.82, 2.24) is 0 Å². The molecule has 1 atom stereocenters. The highest BCUT2D eigenvalue weighted by Gasteiger charge is 2.31. The molecule has 0 N–H and O–H groups in total. The number of amides is 1. The molecule has 15 heavy (non-hydrogen) atoms. The van der Waals surface area contributed by atoms with Gasteiger partial charge in [0.15, 0.2) is 0 Å². The lowest BCUT2D eigenvalue weighted by molar-refractivity contribution is -0.122. The number of benzene rings is 1. The molecule has 0 radical (unpaired) electrons. The summed E-state index contributed by atoms with van der Waals surface area (Å²) in [6.07, 6.45) is 0.478. The summed E-state index contributed by atoms with van der Waals surface area (Å²) in [5.41, 5.74) is 2.08. The van der Waals surface area contributed by atoms with E-state index in [1.165, 1.54) is 0 Å². The Hall–Kier alpha value is -1.35. The minimum atomic E-state index is -0.259. The van der Waals surface area contributed by atoms with Crippen molar-refractivity contribution in [3.8, 4) is 0 Å². The molecule has 0 aliphatic carbocycles. The van der Waals surface area contributed by atoms with Gasteiger partial charge in [-0.2, -0.15) is 0 Å². The fourth-order valence-corrected chi connectivity index (χ4v) is 1.76. The van der Waals surface area contributed by atoms with E-state index in [1.54, 1.807) is 4.90 Å². The second kappa shape index (κ2) is 4.03. The molecule has 3 heteroatoms. The van der Waals surface area contributed by atoms with E-state index in [4.69, 9.17) is 4.74 Å². The van der Waals surface area contributed by atoms with Gasteiger partial charge in [0.2, 0.25) is 0 Å². The minimum Gasteiger partial charge on any atom is -0.348 e. The third-order valence-corrected chi connectivity index (χ3v) is 2.63. The summed E-state index contributed by atoms with van der Waals surface area (Å²) in [6, 6.07) is 7.91. The second-order valence-electron chi connectivity index (χ2n) is 3.80. The van der Waals surface area contributed by atoms with Crippen molar-refractivity contribution in [2.24, 2.45) is 0 Å². The molecular formula is C12H15NO2. The third-order valence-electron chi connectivity index (χ3n) is 2.63. The van der Waals surface area contributed by atoms with E-state index in [0.717, 1.165) is 17.7 Å². The van der Waals surface area contributed by atoms with E-state index < -0.39 is 0 Å². The fourth-order valence-electron chi connectivity index (χ4n) is 1.76. The van der Waals surface area contributed by atoms with Crippen LogP contribution in [0.5, 0.6) is 0 Å². The first kappa shape index (κ1) is 10.2. The Balaban J connectivity index is 2.22. The van der Waals surface area contributed by atoms with Crippen molar-refractivity contribution >= 4 is 11.6 Å². The van der Waals surface area contributed by atoms with E-state index in [0.29, 0.717) is 6.73 Å². The second-order valence-corrected chi connectivity index (χ2v) is 3.80. The molecule has 0 bridgehead atoms. The average Bonchev–Trinajstić information content (AvgIpc) is 2.59. The van der Waals surface area contributed by atoms with Crippen LogP contribution in [-0.2, 0) is 9.53 Å². The first-order chi connectivity index (χ1) is 7.22. The highest BCUT2D eigenvalue weighted by Crippen LogP contribution is 2.22. The lowest BCUT2D eigenvalue weighted by Gasteiger charge is -2.14. The third kappa shape index (κ3) is 1.88. The maximum absolute atomic E-state index is 11.8. The molecule has 1 aliphatic rings. The summed E-state index contributed by atoms with van der Waals surface area (Å²) in [5, 5.41) is 0. The van der Waals surface area contributed by atoms with Crippen LogP contribution in [0.25, 0.3) is 0 Å². The molecule has 0 spiro atoms. The molecular weight excluding hydrogens is 190 g/mol. The SMILES string of the molecule is CCC1OCN(c2cccc(C)c2)C1=O. The highest BCUT2D eigenvalue weighted by atomic mass is 16.5.